The topological polar surface area (TPSA) is 119 Å². The minimum Gasteiger partial charge on any atom is -0.492 e. The molecule has 0 atom stereocenters. The third-order valence-corrected chi connectivity index (χ3v) is 5.48. The smallest absolute Gasteiger partial charge is 0.271 e. The number of rotatable bonds is 10. The molecule has 1 amide bonds. The van der Waals surface area contributed by atoms with Gasteiger partial charge < -0.3 is 10.1 Å². The highest BCUT2D eigenvalue weighted by Gasteiger charge is 2.22. The van der Waals surface area contributed by atoms with Crippen LogP contribution in [0.1, 0.15) is 25.3 Å². The monoisotopic (exact) mass is 435 g/mol. The lowest BCUT2D eigenvalue weighted by molar-refractivity contribution is -0.384. The number of nitro groups is 1. The highest BCUT2D eigenvalue weighted by molar-refractivity contribution is 7.92. The molecule has 0 radical (unpaired) electrons. The van der Waals surface area contributed by atoms with Crippen LogP contribution in [-0.4, -0.2) is 38.7 Å². The SMILES string of the molecule is CCOc1ccccc1NC(=O)CCCN(c1cc([N+](=O)[O-])ccc1C)S(C)(=O)=O. The molecule has 30 heavy (non-hydrogen) atoms. The highest BCUT2D eigenvalue weighted by atomic mass is 32.2. The summed E-state index contributed by atoms with van der Waals surface area (Å²) in [5.74, 6) is 0.268. The Morgan fingerprint density at radius 1 is 1.23 bits per heavy atom. The Balaban J connectivity index is 2.09. The molecule has 2 aromatic rings. The molecule has 2 rings (SSSR count). The summed E-state index contributed by atoms with van der Waals surface area (Å²) in [6.07, 6.45) is 1.34. The summed E-state index contributed by atoms with van der Waals surface area (Å²) in [7, 11) is -3.69. The van der Waals surface area contributed by atoms with Gasteiger partial charge >= 0.3 is 0 Å². The third kappa shape index (κ3) is 6.18. The first kappa shape index (κ1) is 23.1. The molecule has 0 unspecified atom stereocenters. The van der Waals surface area contributed by atoms with Crippen molar-refractivity contribution in [1.29, 1.82) is 0 Å². The second-order valence-electron chi connectivity index (χ2n) is 6.64. The Morgan fingerprint density at radius 3 is 2.57 bits per heavy atom. The van der Waals surface area contributed by atoms with Crippen LogP contribution in [0.4, 0.5) is 17.1 Å². The molecule has 10 heteroatoms. The van der Waals surface area contributed by atoms with E-state index in [0.717, 1.165) is 10.6 Å². The van der Waals surface area contributed by atoms with Gasteiger partial charge in [-0.05, 0) is 38.0 Å². The largest absolute Gasteiger partial charge is 0.492 e. The number of hydrogen-bond acceptors (Lipinski definition) is 6. The summed E-state index contributed by atoms with van der Waals surface area (Å²) in [5.41, 5.74) is 1.16. The molecule has 0 aliphatic carbocycles. The van der Waals surface area contributed by atoms with E-state index < -0.39 is 14.9 Å². The zero-order chi connectivity index (χ0) is 22.3. The lowest BCUT2D eigenvalue weighted by Gasteiger charge is -2.24. The number of ether oxygens (including phenoxy) is 1. The van der Waals surface area contributed by atoms with Crippen LogP contribution in [-0.2, 0) is 14.8 Å². The maximum atomic E-state index is 12.3. The number of non-ortho nitro benzene ring substituents is 1. The molecule has 0 bridgehead atoms. The van der Waals surface area contributed by atoms with Crippen molar-refractivity contribution >= 4 is 33.0 Å². The number of carbonyl (C=O) groups excluding carboxylic acids is 1. The van der Waals surface area contributed by atoms with Gasteiger partial charge in [-0.2, -0.15) is 0 Å². The first-order valence-electron chi connectivity index (χ1n) is 9.38. The summed E-state index contributed by atoms with van der Waals surface area (Å²) < 4.78 is 31.1. The van der Waals surface area contributed by atoms with E-state index in [1.165, 1.54) is 18.2 Å². The summed E-state index contributed by atoms with van der Waals surface area (Å²) >= 11 is 0. The summed E-state index contributed by atoms with van der Waals surface area (Å²) in [6, 6.07) is 11.1. The second-order valence-corrected chi connectivity index (χ2v) is 8.55. The van der Waals surface area contributed by atoms with E-state index in [9.17, 15) is 23.3 Å². The van der Waals surface area contributed by atoms with Crippen LogP contribution >= 0.6 is 0 Å². The number of nitro benzene ring substituents is 1. The predicted molar refractivity (Wildman–Crippen MR) is 115 cm³/mol. The number of anilines is 2. The van der Waals surface area contributed by atoms with Crippen molar-refractivity contribution in [3.8, 4) is 5.75 Å². The van der Waals surface area contributed by atoms with E-state index in [-0.39, 0.29) is 36.7 Å². The predicted octanol–water partition coefficient (Wildman–Crippen LogP) is 3.49. The fourth-order valence-electron chi connectivity index (χ4n) is 2.89. The van der Waals surface area contributed by atoms with Gasteiger partial charge in [0.15, 0.2) is 0 Å². The molecule has 0 saturated carbocycles. The quantitative estimate of drug-likeness (QED) is 0.451. The summed E-state index contributed by atoms with van der Waals surface area (Å²) in [4.78, 5) is 22.8. The molecular formula is C20H25N3O6S. The van der Waals surface area contributed by atoms with Crippen molar-refractivity contribution in [3.63, 3.8) is 0 Å². The number of nitrogens with zero attached hydrogens (tertiary/aromatic N) is 2. The van der Waals surface area contributed by atoms with Crippen molar-refractivity contribution in [2.24, 2.45) is 0 Å². The number of nitrogens with one attached hydrogen (secondary N) is 1. The van der Waals surface area contributed by atoms with E-state index in [0.29, 0.717) is 23.6 Å². The molecule has 162 valence electrons. The number of benzene rings is 2. The molecule has 1 N–H and O–H groups in total. The number of hydrogen-bond donors (Lipinski definition) is 1. The van der Waals surface area contributed by atoms with Gasteiger partial charge in [0, 0.05) is 25.1 Å². The maximum Gasteiger partial charge on any atom is 0.271 e. The Bertz CT molecular complexity index is 1020. The van der Waals surface area contributed by atoms with Gasteiger partial charge in [-0.15, -0.1) is 0 Å². The van der Waals surface area contributed by atoms with Crippen LogP contribution in [0.2, 0.25) is 0 Å². The van der Waals surface area contributed by atoms with Crippen molar-refractivity contribution in [2.75, 3.05) is 29.0 Å². The molecule has 9 nitrogen and oxygen atoms in total. The zero-order valence-corrected chi connectivity index (χ0v) is 17.9. The maximum absolute atomic E-state index is 12.3. The fourth-order valence-corrected chi connectivity index (χ4v) is 3.91. The van der Waals surface area contributed by atoms with E-state index in [4.69, 9.17) is 4.74 Å². The lowest BCUT2D eigenvalue weighted by Crippen LogP contribution is -2.32. The zero-order valence-electron chi connectivity index (χ0n) is 17.1. The average molecular weight is 436 g/mol. The molecular weight excluding hydrogens is 410 g/mol. The average Bonchev–Trinajstić information content (AvgIpc) is 2.66. The molecule has 0 aliphatic heterocycles. The van der Waals surface area contributed by atoms with Gasteiger partial charge in [-0.25, -0.2) is 8.42 Å². The number of aryl methyl sites for hydroxylation is 1. The standard InChI is InChI=1S/C20H25N3O6S/c1-4-29-19-9-6-5-8-17(19)21-20(24)10-7-13-22(30(3,27)28)18-14-16(23(25)26)12-11-15(18)2/h5-6,8-9,11-12,14H,4,7,10,13H2,1-3H3,(H,21,24). The van der Waals surface area contributed by atoms with Gasteiger partial charge in [0.05, 0.1) is 29.2 Å². The van der Waals surface area contributed by atoms with Gasteiger partial charge in [-0.1, -0.05) is 18.2 Å². The number of carbonyl (C=O) groups is 1. The number of sulfonamides is 1. The Morgan fingerprint density at radius 2 is 1.93 bits per heavy atom. The van der Waals surface area contributed by atoms with Crippen LogP contribution in [0.3, 0.4) is 0 Å². The van der Waals surface area contributed by atoms with Crippen LogP contribution in [0, 0.1) is 17.0 Å². The Labute approximate surface area is 175 Å². The van der Waals surface area contributed by atoms with Gasteiger partial charge in [-0.3, -0.25) is 19.2 Å². The van der Waals surface area contributed by atoms with E-state index >= 15 is 0 Å². The number of amides is 1. The van der Waals surface area contributed by atoms with Gasteiger partial charge in [0.25, 0.3) is 5.69 Å². The third-order valence-electron chi connectivity index (χ3n) is 4.30. The molecule has 0 saturated heterocycles. The van der Waals surface area contributed by atoms with Crippen molar-refractivity contribution < 1.29 is 22.9 Å². The van der Waals surface area contributed by atoms with Gasteiger partial charge in [0.1, 0.15) is 5.75 Å². The lowest BCUT2D eigenvalue weighted by atomic mass is 10.1. The molecule has 0 spiro atoms. The highest BCUT2D eigenvalue weighted by Crippen LogP contribution is 2.28. The van der Waals surface area contributed by atoms with Crippen LogP contribution in [0.25, 0.3) is 0 Å². The minimum atomic E-state index is -3.69. The van der Waals surface area contributed by atoms with Crippen LogP contribution < -0.4 is 14.4 Å². The van der Waals surface area contributed by atoms with E-state index in [1.54, 1.807) is 31.2 Å². The fraction of sp³-hybridized carbons (Fsp3) is 0.350. The minimum absolute atomic E-state index is 0.0152. The second kappa shape index (κ2) is 10.1. The molecule has 0 aliphatic rings. The number of para-hydroxylation sites is 2. The first-order chi connectivity index (χ1) is 14.1. The van der Waals surface area contributed by atoms with E-state index in [2.05, 4.69) is 5.32 Å². The molecule has 0 heterocycles. The Hall–Kier alpha value is -3.14. The van der Waals surface area contributed by atoms with Crippen LogP contribution in [0.15, 0.2) is 42.5 Å². The van der Waals surface area contributed by atoms with Crippen molar-refractivity contribution in [1.82, 2.24) is 0 Å². The molecule has 2 aromatic carbocycles. The van der Waals surface area contributed by atoms with Crippen molar-refractivity contribution in [3.05, 3.63) is 58.1 Å². The van der Waals surface area contributed by atoms with Gasteiger partial charge in [0.2, 0.25) is 15.9 Å². The molecule has 0 aromatic heterocycles. The summed E-state index contributed by atoms with van der Waals surface area (Å²) in [6.45, 7) is 3.99. The van der Waals surface area contributed by atoms with E-state index in [1.807, 2.05) is 6.92 Å². The Kier molecular flexibility index (Phi) is 7.76. The molecule has 0 fully saturated rings. The normalized spacial score (nSPS) is 11.0. The van der Waals surface area contributed by atoms with Crippen molar-refractivity contribution in [2.45, 2.75) is 26.7 Å². The first-order valence-corrected chi connectivity index (χ1v) is 11.2. The van der Waals surface area contributed by atoms with Crippen LogP contribution in [0.5, 0.6) is 5.75 Å². The summed E-state index contributed by atoms with van der Waals surface area (Å²) in [5, 5.41) is 13.8.